The van der Waals surface area contributed by atoms with Crippen molar-refractivity contribution in [2.24, 2.45) is 5.92 Å². The molecule has 2 aromatic rings. The summed E-state index contributed by atoms with van der Waals surface area (Å²) in [7, 11) is 0.939. The number of halogens is 7. The van der Waals surface area contributed by atoms with Gasteiger partial charge in [-0.2, -0.15) is 26.3 Å². The van der Waals surface area contributed by atoms with Gasteiger partial charge >= 0.3 is 30.0 Å². The highest BCUT2D eigenvalue weighted by atomic mass is 19.4. The fourth-order valence-corrected chi connectivity index (χ4v) is 4.87. The number of hydrogen-bond donors (Lipinski definition) is 0. The molecule has 4 rings (SSSR count). The Balaban J connectivity index is 1.80. The van der Waals surface area contributed by atoms with Crippen molar-refractivity contribution >= 4 is 35.2 Å². The van der Waals surface area contributed by atoms with Crippen molar-refractivity contribution in [3.63, 3.8) is 0 Å². The zero-order chi connectivity index (χ0) is 30.7. The number of rotatable bonds is 5. The zero-order valence-corrected chi connectivity index (χ0v) is 21.7. The molecule has 2 aliphatic rings. The Morgan fingerprint density at radius 3 is 2.32 bits per heavy atom. The lowest BCUT2D eigenvalue weighted by molar-refractivity contribution is -0.227. The zero-order valence-electron chi connectivity index (χ0n) is 21.7. The SMILES string of the molecule is CCOC(=O)C1CN(c2ccc3c(c2)C(F)(C(F)(F)F)C(=O)N3C)C(=O)N(Cc2cccc(C(F)(F)F)c2C)C1=O. The van der Waals surface area contributed by atoms with Crippen molar-refractivity contribution in [3.8, 4) is 0 Å². The topological polar surface area (TPSA) is 87.2 Å². The number of esters is 1. The summed E-state index contributed by atoms with van der Waals surface area (Å²) < 4.78 is 102. The lowest BCUT2D eigenvalue weighted by atomic mass is 9.95. The maximum absolute atomic E-state index is 15.4. The molecule has 0 aliphatic carbocycles. The first-order valence-corrected chi connectivity index (χ1v) is 12.1. The van der Waals surface area contributed by atoms with E-state index in [0.29, 0.717) is 20.8 Å². The average Bonchev–Trinajstić information content (AvgIpc) is 3.08. The van der Waals surface area contributed by atoms with E-state index in [0.717, 1.165) is 38.2 Å². The molecule has 0 saturated carbocycles. The number of nitrogens with zero attached hydrogens (tertiary/aromatic N) is 3. The molecule has 0 N–H and O–H groups in total. The van der Waals surface area contributed by atoms with Crippen molar-refractivity contribution in [1.82, 2.24) is 4.90 Å². The minimum atomic E-state index is -5.66. The largest absolute Gasteiger partial charge is 0.465 e. The number of ether oxygens (including phenoxy) is 1. The number of amides is 4. The van der Waals surface area contributed by atoms with E-state index in [-0.39, 0.29) is 17.7 Å². The van der Waals surface area contributed by atoms with Crippen LogP contribution in [0, 0.1) is 12.8 Å². The number of anilines is 2. The Morgan fingerprint density at radius 1 is 1.07 bits per heavy atom. The van der Waals surface area contributed by atoms with E-state index in [1.807, 2.05) is 0 Å². The highest BCUT2D eigenvalue weighted by molar-refractivity contribution is 6.13. The number of imide groups is 1. The van der Waals surface area contributed by atoms with Crippen LogP contribution in [-0.2, 0) is 37.5 Å². The van der Waals surface area contributed by atoms with Crippen molar-refractivity contribution in [1.29, 1.82) is 0 Å². The highest BCUT2D eigenvalue weighted by Crippen LogP contribution is 2.52. The summed E-state index contributed by atoms with van der Waals surface area (Å²) in [4.78, 5) is 53.3. The molecule has 0 aromatic heterocycles. The fourth-order valence-electron chi connectivity index (χ4n) is 4.87. The highest BCUT2D eigenvalue weighted by Gasteiger charge is 2.68. The third-order valence-electron chi connectivity index (χ3n) is 7.06. The van der Waals surface area contributed by atoms with Crippen LogP contribution in [0.2, 0.25) is 0 Å². The fraction of sp³-hybridized carbons (Fsp3) is 0.385. The molecule has 2 aromatic carbocycles. The predicted molar refractivity (Wildman–Crippen MR) is 128 cm³/mol. The molecule has 15 heteroatoms. The summed E-state index contributed by atoms with van der Waals surface area (Å²) in [5.74, 6) is -5.79. The molecule has 2 aliphatic heterocycles. The van der Waals surface area contributed by atoms with E-state index < -0.39 is 83.3 Å². The summed E-state index contributed by atoms with van der Waals surface area (Å²) in [5, 5.41) is 0. The molecule has 0 spiro atoms. The second-order valence-corrected chi connectivity index (χ2v) is 9.43. The number of benzene rings is 2. The molecule has 8 nitrogen and oxygen atoms in total. The third-order valence-corrected chi connectivity index (χ3v) is 7.06. The van der Waals surface area contributed by atoms with Crippen LogP contribution >= 0.6 is 0 Å². The van der Waals surface area contributed by atoms with Gasteiger partial charge in [-0.3, -0.25) is 24.2 Å². The van der Waals surface area contributed by atoms with E-state index in [2.05, 4.69) is 0 Å². The number of likely N-dealkylation sites (N-methyl/N-ethyl adjacent to an activating group) is 1. The van der Waals surface area contributed by atoms with Gasteiger partial charge in [0.05, 0.1) is 30.9 Å². The van der Waals surface area contributed by atoms with Crippen LogP contribution in [0.5, 0.6) is 0 Å². The first-order chi connectivity index (χ1) is 18.9. The van der Waals surface area contributed by atoms with E-state index in [4.69, 9.17) is 4.74 Å². The van der Waals surface area contributed by atoms with Crippen LogP contribution < -0.4 is 9.80 Å². The Kier molecular flexibility index (Phi) is 7.29. The molecule has 2 atom stereocenters. The van der Waals surface area contributed by atoms with Gasteiger partial charge in [0.25, 0.3) is 5.91 Å². The summed E-state index contributed by atoms with van der Waals surface area (Å²) in [5.41, 5.74) is -7.76. The van der Waals surface area contributed by atoms with E-state index in [1.54, 1.807) is 0 Å². The summed E-state index contributed by atoms with van der Waals surface area (Å²) in [6, 6.07) is 4.60. The maximum Gasteiger partial charge on any atom is 0.436 e. The van der Waals surface area contributed by atoms with Crippen LogP contribution in [0.25, 0.3) is 0 Å². The number of carbonyl (C=O) groups is 4. The maximum atomic E-state index is 15.4. The van der Waals surface area contributed by atoms with Crippen molar-refractivity contribution in [3.05, 3.63) is 58.7 Å². The molecule has 0 bridgehead atoms. The van der Waals surface area contributed by atoms with Gasteiger partial charge in [-0.15, -0.1) is 0 Å². The van der Waals surface area contributed by atoms with Crippen LogP contribution in [0.4, 0.5) is 46.9 Å². The van der Waals surface area contributed by atoms with E-state index in [1.165, 1.54) is 13.0 Å². The average molecular weight is 589 g/mol. The molecular formula is C26H22F7N3O5. The molecule has 1 saturated heterocycles. The predicted octanol–water partition coefficient (Wildman–Crippen LogP) is 4.87. The molecule has 1 fully saturated rings. The lowest BCUT2D eigenvalue weighted by Gasteiger charge is -2.38. The molecule has 2 unspecified atom stereocenters. The van der Waals surface area contributed by atoms with Crippen LogP contribution in [-0.4, -0.2) is 55.1 Å². The molecule has 41 heavy (non-hydrogen) atoms. The third kappa shape index (κ3) is 4.76. The first kappa shape index (κ1) is 29.8. The molecule has 4 amide bonds. The Labute approximate surface area is 228 Å². The standard InChI is InChI=1S/C26H22F7N3O5/c1-4-41-21(38)16-12-35(15-8-9-19-18(10-15)24(27,26(31,32)33)22(39)34(19)3)23(40)36(20(16)37)11-14-6-5-7-17(13(14)2)25(28,29)30/h5-10,16H,4,11-12H2,1-3H3. The van der Waals surface area contributed by atoms with Crippen LogP contribution in [0.1, 0.15) is 29.2 Å². The van der Waals surface area contributed by atoms with Gasteiger partial charge < -0.3 is 9.64 Å². The molecule has 220 valence electrons. The first-order valence-electron chi connectivity index (χ1n) is 12.1. The number of hydrogen-bond acceptors (Lipinski definition) is 5. The van der Waals surface area contributed by atoms with Crippen molar-refractivity contribution in [2.45, 2.75) is 38.4 Å². The smallest absolute Gasteiger partial charge is 0.436 e. The molecule has 2 heterocycles. The van der Waals surface area contributed by atoms with Crippen LogP contribution in [0.15, 0.2) is 36.4 Å². The number of carbonyl (C=O) groups excluding carboxylic acids is 4. The minimum Gasteiger partial charge on any atom is -0.465 e. The van der Waals surface area contributed by atoms with Gasteiger partial charge in [-0.05, 0) is 49.2 Å². The van der Waals surface area contributed by atoms with Gasteiger partial charge in [0.2, 0.25) is 5.91 Å². The summed E-state index contributed by atoms with van der Waals surface area (Å²) >= 11 is 0. The second-order valence-electron chi connectivity index (χ2n) is 9.43. The van der Waals surface area contributed by atoms with Crippen molar-refractivity contribution in [2.75, 3.05) is 30.0 Å². The monoisotopic (exact) mass is 589 g/mol. The lowest BCUT2D eigenvalue weighted by Crippen LogP contribution is -2.58. The van der Waals surface area contributed by atoms with Crippen LogP contribution in [0.3, 0.4) is 0 Å². The van der Waals surface area contributed by atoms with E-state index in [9.17, 15) is 45.5 Å². The van der Waals surface area contributed by atoms with Gasteiger partial charge in [-0.25, -0.2) is 9.18 Å². The molecular weight excluding hydrogens is 567 g/mol. The number of alkyl halides is 7. The minimum absolute atomic E-state index is 0.0907. The van der Waals surface area contributed by atoms with Gasteiger partial charge in [0, 0.05) is 18.3 Å². The second kappa shape index (κ2) is 10.0. The molecule has 0 radical (unpaired) electrons. The van der Waals surface area contributed by atoms with Gasteiger partial charge in [0.1, 0.15) is 0 Å². The summed E-state index contributed by atoms with van der Waals surface area (Å²) in [6.45, 7) is 0.948. The number of urea groups is 1. The Morgan fingerprint density at radius 2 is 1.73 bits per heavy atom. The quantitative estimate of drug-likeness (QED) is 0.283. The van der Waals surface area contributed by atoms with E-state index >= 15 is 4.39 Å². The van der Waals surface area contributed by atoms with Gasteiger partial charge in [0.15, 0.2) is 5.92 Å². The van der Waals surface area contributed by atoms with Gasteiger partial charge in [-0.1, -0.05) is 12.1 Å². The Bertz CT molecular complexity index is 1440. The Hall–Kier alpha value is -4.17. The summed E-state index contributed by atoms with van der Waals surface area (Å²) in [6.07, 6.45) is -10.4. The number of fused-ring (bicyclic) bond motifs is 1. The normalized spacial score (nSPS) is 21.5. The van der Waals surface area contributed by atoms with Crippen molar-refractivity contribution < 1.29 is 54.6 Å².